The smallest absolute Gasteiger partial charge is 0.180 e. The molecule has 2 rings (SSSR count). The quantitative estimate of drug-likeness (QED) is 0.825. The van der Waals surface area contributed by atoms with Crippen LogP contribution in [0, 0.1) is 5.92 Å². The van der Waals surface area contributed by atoms with Gasteiger partial charge in [0.05, 0.1) is 5.69 Å². The molecule has 0 spiro atoms. The third-order valence-corrected chi connectivity index (χ3v) is 3.72. The Bertz CT molecular complexity index is 333. The molecule has 0 bridgehead atoms. The fourth-order valence-corrected chi connectivity index (χ4v) is 2.93. The molecule has 84 valence electrons. The maximum absolute atomic E-state index is 5.71. The van der Waals surface area contributed by atoms with Crippen molar-refractivity contribution in [3.8, 4) is 0 Å². The second-order valence-corrected chi connectivity index (χ2v) is 5.78. The summed E-state index contributed by atoms with van der Waals surface area (Å²) in [5.41, 5.74) is 6.95. The molecule has 0 fully saturated rings. The Kier molecular flexibility index (Phi) is 3.26. The first-order chi connectivity index (χ1) is 7.15. The number of anilines is 1. The zero-order valence-corrected chi connectivity index (χ0v) is 10.2. The van der Waals surface area contributed by atoms with Gasteiger partial charge in [-0.2, -0.15) is 0 Å². The summed E-state index contributed by atoms with van der Waals surface area (Å²) in [5.74, 6) is 0.720. The van der Waals surface area contributed by atoms with Crippen molar-refractivity contribution in [3.63, 3.8) is 0 Å². The Morgan fingerprint density at radius 2 is 2.40 bits per heavy atom. The first kappa shape index (κ1) is 10.9. The lowest BCUT2D eigenvalue weighted by Gasteiger charge is -2.23. The molecular weight excluding hydrogens is 206 g/mol. The number of nitrogens with zero attached hydrogens (tertiary/aromatic N) is 1. The molecule has 1 unspecified atom stereocenters. The fourth-order valence-electron chi connectivity index (χ4n) is 1.97. The summed E-state index contributed by atoms with van der Waals surface area (Å²) in [5, 5.41) is 4.34. The molecule has 15 heavy (non-hydrogen) atoms. The van der Waals surface area contributed by atoms with E-state index in [2.05, 4.69) is 24.1 Å². The van der Waals surface area contributed by atoms with Gasteiger partial charge in [0, 0.05) is 10.9 Å². The van der Waals surface area contributed by atoms with Gasteiger partial charge in [0.2, 0.25) is 0 Å². The lowest BCUT2D eigenvalue weighted by Crippen LogP contribution is -2.36. The van der Waals surface area contributed by atoms with Crippen LogP contribution in [0.15, 0.2) is 0 Å². The van der Waals surface area contributed by atoms with Crippen LogP contribution in [0.2, 0.25) is 0 Å². The number of nitrogens with one attached hydrogen (secondary N) is 1. The van der Waals surface area contributed by atoms with E-state index in [-0.39, 0.29) is 0 Å². The van der Waals surface area contributed by atoms with Gasteiger partial charge in [-0.15, -0.1) is 11.3 Å². The molecule has 0 saturated heterocycles. The Balaban J connectivity index is 1.93. The highest BCUT2D eigenvalue weighted by molar-refractivity contribution is 7.15. The molecule has 1 aromatic heterocycles. The van der Waals surface area contributed by atoms with Crippen molar-refractivity contribution in [2.75, 3.05) is 12.3 Å². The SMILES string of the molecule is CC(C)CNC1CCc2nc(N)sc2C1. The lowest BCUT2D eigenvalue weighted by atomic mass is 9.97. The van der Waals surface area contributed by atoms with E-state index < -0.39 is 0 Å². The number of nitrogens with two attached hydrogens (primary N) is 1. The summed E-state index contributed by atoms with van der Waals surface area (Å²) in [6.07, 6.45) is 3.39. The molecule has 0 saturated carbocycles. The number of aromatic nitrogens is 1. The van der Waals surface area contributed by atoms with E-state index in [0.717, 1.165) is 30.4 Å². The number of hydrogen-bond acceptors (Lipinski definition) is 4. The summed E-state index contributed by atoms with van der Waals surface area (Å²) < 4.78 is 0. The van der Waals surface area contributed by atoms with E-state index in [9.17, 15) is 0 Å². The van der Waals surface area contributed by atoms with Gasteiger partial charge in [-0.1, -0.05) is 13.8 Å². The van der Waals surface area contributed by atoms with Crippen LogP contribution in [0.5, 0.6) is 0 Å². The van der Waals surface area contributed by atoms with E-state index in [1.165, 1.54) is 17.0 Å². The third kappa shape index (κ3) is 2.69. The van der Waals surface area contributed by atoms with Gasteiger partial charge in [0.25, 0.3) is 0 Å². The van der Waals surface area contributed by atoms with Gasteiger partial charge >= 0.3 is 0 Å². The van der Waals surface area contributed by atoms with Crippen molar-refractivity contribution in [1.29, 1.82) is 0 Å². The second kappa shape index (κ2) is 4.49. The first-order valence-corrected chi connectivity index (χ1v) is 6.44. The molecule has 1 heterocycles. The summed E-state index contributed by atoms with van der Waals surface area (Å²) in [7, 11) is 0. The summed E-state index contributed by atoms with van der Waals surface area (Å²) >= 11 is 1.65. The summed E-state index contributed by atoms with van der Waals surface area (Å²) in [4.78, 5) is 5.74. The zero-order valence-electron chi connectivity index (χ0n) is 9.42. The van der Waals surface area contributed by atoms with E-state index in [4.69, 9.17) is 5.73 Å². The number of aryl methyl sites for hydroxylation is 1. The first-order valence-electron chi connectivity index (χ1n) is 5.62. The van der Waals surface area contributed by atoms with Crippen molar-refractivity contribution in [2.24, 2.45) is 5.92 Å². The van der Waals surface area contributed by atoms with Gasteiger partial charge in [0.1, 0.15) is 0 Å². The molecule has 1 atom stereocenters. The molecule has 0 radical (unpaired) electrons. The highest BCUT2D eigenvalue weighted by Gasteiger charge is 2.21. The minimum atomic E-state index is 0.625. The average Bonchev–Trinajstić information content (AvgIpc) is 2.53. The maximum Gasteiger partial charge on any atom is 0.180 e. The minimum absolute atomic E-state index is 0.625. The van der Waals surface area contributed by atoms with E-state index in [0.29, 0.717) is 6.04 Å². The zero-order chi connectivity index (χ0) is 10.8. The fraction of sp³-hybridized carbons (Fsp3) is 0.727. The van der Waals surface area contributed by atoms with Gasteiger partial charge in [-0.05, 0) is 31.7 Å². The Hall–Kier alpha value is -0.610. The van der Waals surface area contributed by atoms with Crippen molar-refractivity contribution < 1.29 is 0 Å². The van der Waals surface area contributed by atoms with Crippen LogP contribution in [0.4, 0.5) is 5.13 Å². The summed E-state index contributed by atoms with van der Waals surface area (Å²) in [6, 6.07) is 0.625. The number of rotatable bonds is 3. The Morgan fingerprint density at radius 3 is 3.13 bits per heavy atom. The molecule has 0 amide bonds. The molecule has 1 aliphatic carbocycles. The molecule has 1 aliphatic rings. The molecule has 4 heteroatoms. The highest BCUT2D eigenvalue weighted by Crippen LogP contribution is 2.28. The normalized spacial score (nSPS) is 20.6. The Morgan fingerprint density at radius 1 is 1.60 bits per heavy atom. The monoisotopic (exact) mass is 225 g/mol. The van der Waals surface area contributed by atoms with Gasteiger partial charge in [-0.3, -0.25) is 0 Å². The number of nitrogen functional groups attached to an aromatic ring is 1. The van der Waals surface area contributed by atoms with E-state index in [1.807, 2.05) is 0 Å². The highest BCUT2D eigenvalue weighted by atomic mass is 32.1. The molecule has 0 aliphatic heterocycles. The Labute approximate surface area is 95.1 Å². The molecule has 3 N–H and O–H groups in total. The van der Waals surface area contributed by atoms with Crippen LogP contribution in [-0.4, -0.2) is 17.6 Å². The van der Waals surface area contributed by atoms with Crippen LogP contribution in [0.3, 0.4) is 0 Å². The van der Waals surface area contributed by atoms with Gasteiger partial charge < -0.3 is 11.1 Å². The molecular formula is C11H19N3S. The van der Waals surface area contributed by atoms with Gasteiger partial charge in [-0.25, -0.2) is 4.98 Å². The average molecular weight is 225 g/mol. The minimum Gasteiger partial charge on any atom is -0.375 e. The molecule has 1 aromatic rings. The number of hydrogen-bond donors (Lipinski definition) is 2. The second-order valence-electron chi connectivity index (χ2n) is 4.66. The van der Waals surface area contributed by atoms with Crippen LogP contribution >= 0.6 is 11.3 Å². The topological polar surface area (TPSA) is 50.9 Å². The number of thiazole rings is 1. The van der Waals surface area contributed by atoms with Crippen molar-refractivity contribution in [1.82, 2.24) is 10.3 Å². The summed E-state index contributed by atoms with van der Waals surface area (Å²) in [6.45, 7) is 5.59. The predicted molar refractivity (Wildman–Crippen MR) is 65.2 cm³/mol. The predicted octanol–water partition coefficient (Wildman–Crippen LogP) is 1.83. The van der Waals surface area contributed by atoms with E-state index in [1.54, 1.807) is 11.3 Å². The standard InChI is InChI=1S/C11H19N3S/c1-7(2)6-13-8-3-4-9-10(5-8)15-11(12)14-9/h7-8,13H,3-6H2,1-2H3,(H2,12,14). The van der Waals surface area contributed by atoms with E-state index >= 15 is 0 Å². The van der Waals surface area contributed by atoms with Crippen LogP contribution in [-0.2, 0) is 12.8 Å². The largest absolute Gasteiger partial charge is 0.375 e. The third-order valence-electron chi connectivity index (χ3n) is 2.77. The van der Waals surface area contributed by atoms with Crippen molar-refractivity contribution in [3.05, 3.63) is 10.6 Å². The maximum atomic E-state index is 5.71. The number of fused-ring (bicyclic) bond motifs is 1. The lowest BCUT2D eigenvalue weighted by molar-refractivity contribution is 0.426. The molecule has 3 nitrogen and oxygen atoms in total. The van der Waals surface area contributed by atoms with Crippen molar-refractivity contribution >= 4 is 16.5 Å². The van der Waals surface area contributed by atoms with Crippen LogP contribution in [0.1, 0.15) is 30.8 Å². The van der Waals surface area contributed by atoms with Crippen LogP contribution in [0.25, 0.3) is 0 Å². The van der Waals surface area contributed by atoms with Gasteiger partial charge in [0.15, 0.2) is 5.13 Å². The van der Waals surface area contributed by atoms with Crippen LogP contribution < -0.4 is 11.1 Å². The molecule has 0 aromatic carbocycles. The van der Waals surface area contributed by atoms with Crippen molar-refractivity contribution in [2.45, 2.75) is 39.2 Å².